The normalized spacial score (nSPS) is 31.2. The lowest BCUT2D eigenvalue weighted by atomic mass is 9.97. The average Bonchev–Trinajstić information content (AvgIpc) is 2.71. The van der Waals surface area contributed by atoms with E-state index < -0.39 is 0 Å². The van der Waals surface area contributed by atoms with E-state index in [2.05, 4.69) is 39.3 Å². The van der Waals surface area contributed by atoms with Gasteiger partial charge < -0.3 is 19.7 Å². The number of piperidine rings is 1. The van der Waals surface area contributed by atoms with E-state index in [1.807, 2.05) is 6.07 Å². The Bertz CT molecular complexity index is 537. The van der Waals surface area contributed by atoms with Crippen LogP contribution in [0.3, 0.4) is 0 Å². The molecular weight excluding hydrogens is 332 g/mol. The maximum absolute atomic E-state index is 5.69. The van der Waals surface area contributed by atoms with Crippen LogP contribution in [-0.4, -0.2) is 43.3 Å². The standard InChI is InChI=1S/C16H21BrN2O2/c1-19-11-2-3-12(19)7-10(6-11)18-14-9-16-15(8-13(14)17)20-4-5-21-16/h8-12,18H,2-7H2,1H3. The van der Waals surface area contributed by atoms with Gasteiger partial charge in [0.05, 0.1) is 5.69 Å². The first-order chi connectivity index (χ1) is 10.2. The van der Waals surface area contributed by atoms with Crippen molar-refractivity contribution in [3.63, 3.8) is 0 Å². The van der Waals surface area contributed by atoms with Crippen LogP contribution in [0.25, 0.3) is 0 Å². The number of anilines is 1. The summed E-state index contributed by atoms with van der Waals surface area (Å²) in [6.07, 6.45) is 5.16. The molecule has 1 aromatic rings. The van der Waals surface area contributed by atoms with E-state index in [1.54, 1.807) is 0 Å². The Morgan fingerprint density at radius 2 is 1.71 bits per heavy atom. The summed E-state index contributed by atoms with van der Waals surface area (Å²) in [7, 11) is 2.28. The van der Waals surface area contributed by atoms with E-state index in [-0.39, 0.29) is 0 Å². The van der Waals surface area contributed by atoms with Gasteiger partial charge in [-0.25, -0.2) is 0 Å². The molecule has 21 heavy (non-hydrogen) atoms. The summed E-state index contributed by atoms with van der Waals surface area (Å²) in [5, 5.41) is 3.71. The van der Waals surface area contributed by atoms with Gasteiger partial charge in [0.15, 0.2) is 11.5 Å². The van der Waals surface area contributed by atoms with Crippen molar-refractivity contribution in [1.29, 1.82) is 0 Å². The molecule has 2 saturated heterocycles. The van der Waals surface area contributed by atoms with Crippen LogP contribution in [-0.2, 0) is 0 Å². The summed E-state index contributed by atoms with van der Waals surface area (Å²) in [5.74, 6) is 1.69. The Balaban J connectivity index is 1.52. The predicted octanol–water partition coefficient (Wildman–Crippen LogP) is 3.26. The van der Waals surface area contributed by atoms with Crippen LogP contribution in [0.1, 0.15) is 25.7 Å². The highest BCUT2D eigenvalue weighted by Crippen LogP contribution is 2.40. The van der Waals surface area contributed by atoms with Gasteiger partial charge in [0, 0.05) is 34.7 Å². The number of halogens is 1. The van der Waals surface area contributed by atoms with Gasteiger partial charge in [-0.2, -0.15) is 0 Å². The van der Waals surface area contributed by atoms with Gasteiger partial charge in [-0.15, -0.1) is 0 Å². The zero-order valence-corrected chi connectivity index (χ0v) is 13.9. The number of nitrogens with zero attached hydrogens (tertiary/aromatic N) is 1. The molecule has 5 heteroatoms. The van der Waals surface area contributed by atoms with Crippen LogP contribution in [0.4, 0.5) is 5.69 Å². The number of ether oxygens (including phenoxy) is 2. The predicted molar refractivity (Wildman–Crippen MR) is 86.3 cm³/mol. The van der Waals surface area contributed by atoms with Crippen LogP contribution in [0.15, 0.2) is 16.6 Å². The lowest BCUT2D eigenvalue weighted by Crippen LogP contribution is -2.44. The van der Waals surface area contributed by atoms with Crippen molar-refractivity contribution < 1.29 is 9.47 Å². The fourth-order valence-corrected chi connectivity index (χ4v) is 4.36. The van der Waals surface area contributed by atoms with Crippen molar-refractivity contribution in [2.24, 2.45) is 0 Å². The summed E-state index contributed by atoms with van der Waals surface area (Å²) in [5.41, 5.74) is 1.12. The maximum Gasteiger partial charge on any atom is 0.163 e. The second-order valence-corrected chi connectivity index (χ2v) is 7.19. The van der Waals surface area contributed by atoms with Gasteiger partial charge in [0.1, 0.15) is 13.2 Å². The van der Waals surface area contributed by atoms with E-state index in [0.29, 0.717) is 19.3 Å². The summed E-state index contributed by atoms with van der Waals surface area (Å²) >= 11 is 3.65. The second kappa shape index (κ2) is 5.36. The molecule has 0 saturated carbocycles. The Hall–Kier alpha value is -0.940. The van der Waals surface area contributed by atoms with E-state index in [1.165, 1.54) is 25.7 Å². The molecule has 1 N–H and O–H groups in total. The molecule has 2 fully saturated rings. The number of nitrogens with one attached hydrogen (secondary N) is 1. The van der Waals surface area contributed by atoms with E-state index in [0.717, 1.165) is 33.7 Å². The van der Waals surface area contributed by atoms with Crippen LogP contribution in [0.2, 0.25) is 0 Å². The molecule has 0 aromatic heterocycles. The van der Waals surface area contributed by atoms with Gasteiger partial charge in [-0.3, -0.25) is 0 Å². The van der Waals surface area contributed by atoms with Crippen LogP contribution in [0, 0.1) is 0 Å². The minimum Gasteiger partial charge on any atom is -0.486 e. The largest absolute Gasteiger partial charge is 0.486 e. The molecule has 0 spiro atoms. The molecule has 2 bridgehead atoms. The minimum absolute atomic E-state index is 0.553. The molecular formula is C16H21BrN2O2. The van der Waals surface area contributed by atoms with Gasteiger partial charge in [-0.1, -0.05) is 0 Å². The molecule has 3 aliphatic heterocycles. The molecule has 3 aliphatic rings. The molecule has 0 aliphatic carbocycles. The van der Waals surface area contributed by atoms with Crippen molar-refractivity contribution in [3.05, 3.63) is 16.6 Å². The van der Waals surface area contributed by atoms with Crippen molar-refractivity contribution in [1.82, 2.24) is 4.90 Å². The van der Waals surface area contributed by atoms with Crippen molar-refractivity contribution in [2.75, 3.05) is 25.6 Å². The maximum atomic E-state index is 5.69. The van der Waals surface area contributed by atoms with Crippen LogP contribution < -0.4 is 14.8 Å². The molecule has 2 unspecified atom stereocenters. The Labute approximate surface area is 133 Å². The fourth-order valence-electron chi connectivity index (χ4n) is 3.92. The van der Waals surface area contributed by atoms with Gasteiger partial charge in [0.2, 0.25) is 0 Å². The molecule has 1 aromatic carbocycles. The molecule has 114 valence electrons. The summed E-state index contributed by atoms with van der Waals surface area (Å²) < 4.78 is 12.4. The quantitative estimate of drug-likeness (QED) is 0.885. The Kier molecular flexibility index (Phi) is 3.50. The summed E-state index contributed by atoms with van der Waals surface area (Å²) in [6, 6.07) is 6.13. The van der Waals surface area contributed by atoms with Crippen LogP contribution in [0.5, 0.6) is 11.5 Å². The van der Waals surface area contributed by atoms with Gasteiger partial charge in [0.25, 0.3) is 0 Å². The molecule has 3 heterocycles. The molecule has 2 atom stereocenters. The number of benzene rings is 1. The van der Waals surface area contributed by atoms with Gasteiger partial charge in [-0.05, 0) is 48.7 Å². The summed E-state index contributed by atoms with van der Waals surface area (Å²) in [4.78, 5) is 2.57. The lowest BCUT2D eigenvalue weighted by Gasteiger charge is -2.37. The first kappa shape index (κ1) is 13.7. The Morgan fingerprint density at radius 3 is 2.38 bits per heavy atom. The molecule has 0 radical (unpaired) electrons. The van der Waals surface area contributed by atoms with Crippen LogP contribution >= 0.6 is 15.9 Å². The Morgan fingerprint density at radius 1 is 1.10 bits per heavy atom. The molecule has 4 rings (SSSR count). The monoisotopic (exact) mass is 352 g/mol. The average molecular weight is 353 g/mol. The zero-order chi connectivity index (χ0) is 14.4. The SMILES string of the molecule is CN1C2CCC1CC(Nc1cc3c(cc1Br)OCCO3)C2. The third-order valence-electron chi connectivity index (χ3n) is 5.09. The highest BCUT2D eigenvalue weighted by molar-refractivity contribution is 9.10. The smallest absolute Gasteiger partial charge is 0.163 e. The van der Waals surface area contributed by atoms with Crippen molar-refractivity contribution in [2.45, 2.75) is 43.8 Å². The zero-order valence-electron chi connectivity index (χ0n) is 12.3. The first-order valence-corrected chi connectivity index (χ1v) is 8.57. The third kappa shape index (κ3) is 2.50. The van der Waals surface area contributed by atoms with Gasteiger partial charge >= 0.3 is 0 Å². The van der Waals surface area contributed by atoms with Crippen molar-refractivity contribution in [3.8, 4) is 11.5 Å². The number of hydrogen-bond donors (Lipinski definition) is 1. The lowest BCUT2D eigenvalue weighted by molar-refractivity contribution is 0.168. The third-order valence-corrected chi connectivity index (χ3v) is 5.75. The molecule has 0 amide bonds. The molecule has 4 nitrogen and oxygen atoms in total. The summed E-state index contributed by atoms with van der Waals surface area (Å²) in [6.45, 7) is 1.26. The number of hydrogen-bond acceptors (Lipinski definition) is 4. The number of fused-ring (bicyclic) bond motifs is 3. The second-order valence-electron chi connectivity index (χ2n) is 6.34. The van der Waals surface area contributed by atoms with E-state index in [4.69, 9.17) is 9.47 Å². The first-order valence-electron chi connectivity index (χ1n) is 7.78. The number of rotatable bonds is 2. The highest BCUT2D eigenvalue weighted by atomic mass is 79.9. The highest BCUT2D eigenvalue weighted by Gasteiger charge is 2.38. The fraction of sp³-hybridized carbons (Fsp3) is 0.625. The van der Waals surface area contributed by atoms with E-state index >= 15 is 0 Å². The van der Waals surface area contributed by atoms with E-state index in [9.17, 15) is 0 Å². The topological polar surface area (TPSA) is 33.7 Å². The van der Waals surface area contributed by atoms with Crippen molar-refractivity contribution >= 4 is 21.6 Å². The minimum atomic E-state index is 0.553.